The number of fused-ring (bicyclic) bond motifs is 5. The molecule has 2 aliphatic rings. The molecule has 0 radical (unpaired) electrons. The van der Waals surface area contributed by atoms with Crippen molar-refractivity contribution in [3.63, 3.8) is 0 Å². The topological polar surface area (TPSA) is 74.3 Å². The van der Waals surface area contributed by atoms with Gasteiger partial charge in [-0.05, 0) is 46.9 Å². The molecular weight excluding hydrogens is 458 g/mol. The molecule has 7 heteroatoms. The molecule has 2 aliphatic heterocycles. The monoisotopic (exact) mass is 485 g/mol. The third-order valence-electron chi connectivity index (χ3n) is 6.91. The quantitative estimate of drug-likeness (QED) is 0.455. The van der Waals surface area contributed by atoms with E-state index >= 15 is 0 Å². The molecule has 2 bridgehead atoms. The van der Waals surface area contributed by atoms with Gasteiger partial charge in [0.05, 0.1) is 51.7 Å². The van der Waals surface area contributed by atoms with Crippen LogP contribution in [0.4, 0.5) is 5.69 Å². The molecule has 0 aromatic heterocycles. The Morgan fingerprint density at radius 2 is 1.25 bits per heavy atom. The molecule has 2 heterocycles. The van der Waals surface area contributed by atoms with Crippen LogP contribution in [0.15, 0.2) is 77.9 Å². The maximum absolute atomic E-state index is 13.0. The van der Waals surface area contributed by atoms with Gasteiger partial charge in [0.25, 0.3) is 0 Å². The number of benzene rings is 3. The van der Waals surface area contributed by atoms with Crippen LogP contribution in [0.5, 0.6) is 11.5 Å². The van der Waals surface area contributed by atoms with Gasteiger partial charge in [-0.15, -0.1) is 0 Å². The van der Waals surface area contributed by atoms with Crippen LogP contribution in [-0.2, 0) is 25.5 Å². The third-order valence-corrected chi connectivity index (χ3v) is 6.91. The summed E-state index contributed by atoms with van der Waals surface area (Å²) in [7, 11) is 5.91. The Labute approximate surface area is 209 Å². The van der Waals surface area contributed by atoms with Gasteiger partial charge in [0, 0.05) is 11.8 Å². The average Bonchev–Trinajstić information content (AvgIpc) is 3.44. The van der Waals surface area contributed by atoms with E-state index in [1.165, 1.54) is 14.2 Å². The van der Waals surface area contributed by atoms with E-state index in [-0.39, 0.29) is 0 Å². The standard InChI is InChI=1S/C29H27NO6/c1-33-19-12-9-17(10-13-19)15-18-11-14-20(34-2)16-23(18)30-26-21-7-5-6-8-22(21)27(30)25(29(32)36-4)24(26)28(31)35-3/h5-14,16,26-27H,15H2,1-4H3/t26-,27+. The summed E-state index contributed by atoms with van der Waals surface area (Å²) < 4.78 is 21.1. The summed E-state index contributed by atoms with van der Waals surface area (Å²) in [6.07, 6.45) is 0.636. The molecule has 7 nitrogen and oxygen atoms in total. The van der Waals surface area contributed by atoms with E-state index < -0.39 is 24.0 Å². The smallest absolute Gasteiger partial charge is 0.336 e. The Morgan fingerprint density at radius 3 is 1.75 bits per heavy atom. The lowest BCUT2D eigenvalue weighted by molar-refractivity contribution is -0.139. The van der Waals surface area contributed by atoms with E-state index in [1.54, 1.807) is 14.2 Å². The van der Waals surface area contributed by atoms with Gasteiger partial charge < -0.3 is 23.8 Å². The minimum Gasteiger partial charge on any atom is -0.497 e. The highest BCUT2D eigenvalue weighted by Crippen LogP contribution is 2.59. The van der Waals surface area contributed by atoms with Crippen LogP contribution in [0.25, 0.3) is 0 Å². The number of ether oxygens (including phenoxy) is 4. The number of anilines is 1. The highest BCUT2D eigenvalue weighted by atomic mass is 16.5. The molecule has 0 N–H and O–H groups in total. The van der Waals surface area contributed by atoms with Crippen molar-refractivity contribution in [3.8, 4) is 11.5 Å². The average molecular weight is 486 g/mol. The maximum Gasteiger partial charge on any atom is 0.336 e. The van der Waals surface area contributed by atoms with Crippen molar-refractivity contribution in [1.82, 2.24) is 0 Å². The summed E-state index contributed by atoms with van der Waals surface area (Å²) in [4.78, 5) is 28.2. The molecule has 0 fully saturated rings. The molecule has 184 valence electrons. The van der Waals surface area contributed by atoms with E-state index in [4.69, 9.17) is 18.9 Å². The summed E-state index contributed by atoms with van der Waals surface area (Å²) in [5.74, 6) is 0.387. The number of hydrogen-bond acceptors (Lipinski definition) is 7. The fraction of sp³-hybridized carbons (Fsp3) is 0.241. The molecule has 0 amide bonds. The first-order valence-electron chi connectivity index (χ1n) is 11.6. The molecule has 0 saturated heterocycles. The number of methoxy groups -OCH3 is 4. The van der Waals surface area contributed by atoms with Gasteiger partial charge in [0.2, 0.25) is 0 Å². The molecule has 3 aromatic rings. The minimum absolute atomic E-state index is 0.311. The van der Waals surface area contributed by atoms with E-state index in [2.05, 4.69) is 4.90 Å². The Morgan fingerprint density at radius 1 is 0.722 bits per heavy atom. The summed E-state index contributed by atoms with van der Waals surface area (Å²) in [5.41, 5.74) is 5.55. The van der Waals surface area contributed by atoms with Gasteiger partial charge >= 0.3 is 11.9 Å². The van der Waals surface area contributed by atoms with Crippen LogP contribution in [0.3, 0.4) is 0 Å². The van der Waals surface area contributed by atoms with E-state index in [0.29, 0.717) is 23.3 Å². The second kappa shape index (κ2) is 9.41. The van der Waals surface area contributed by atoms with E-state index in [9.17, 15) is 9.59 Å². The fourth-order valence-electron chi connectivity index (χ4n) is 5.31. The number of carbonyl (C=O) groups excluding carboxylic acids is 2. The van der Waals surface area contributed by atoms with Crippen molar-refractivity contribution in [2.75, 3.05) is 33.3 Å². The molecule has 2 atom stereocenters. The number of hydrogen-bond donors (Lipinski definition) is 0. The molecule has 0 spiro atoms. The number of rotatable bonds is 7. The van der Waals surface area contributed by atoms with Gasteiger partial charge in [-0.1, -0.05) is 42.5 Å². The SMILES string of the molecule is COC(=O)C1=C(C(=O)OC)[C@H]2c3ccccc3[C@@H]1N2c1cc(OC)ccc1Cc1ccc(OC)cc1. The predicted molar refractivity (Wildman–Crippen MR) is 134 cm³/mol. The van der Waals surface area contributed by atoms with Crippen LogP contribution in [0.2, 0.25) is 0 Å². The molecule has 0 unspecified atom stereocenters. The largest absolute Gasteiger partial charge is 0.497 e. The summed E-state index contributed by atoms with van der Waals surface area (Å²) in [6.45, 7) is 0. The molecule has 0 aliphatic carbocycles. The van der Waals surface area contributed by atoms with Crippen LogP contribution in [-0.4, -0.2) is 40.4 Å². The van der Waals surface area contributed by atoms with Crippen LogP contribution >= 0.6 is 0 Å². The zero-order chi connectivity index (χ0) is 25.4. The number of esters is 2. The predicted octanol–water partition coefficient (Wildman–Crippen LogP) is 4.55. The van der Waals surface area contributed by atoms with Crippen molar-refractivity contribution in [3.05, 3.63) is 100 Å². The summed E-state index contributed by atoms with van der Waals surface area (Å²) in [6, 6.07) is 20.7. The Balaban J connectivity index is 1.67. The van der Waals surface area contributed by atoms with Crippen molar-refractivity contribution in [2.45, 2.75) is 18.5 Å². The number of carbonyl (C=O) groups is 2. The molecule has 36 heavy (non-hydrogen) atoms. The highest BCUT2D eigenvalue weighted by molar-refractivity contribution is 6.06. The van der Waals surface area contributed by atoms with Crippen LogP contribution in [0.1, 0.15) is 34.3 Å². The lowest BCUT2D eigenvalue weighted by Gasteiger charge is -2.29. The Hall–Kier alpha value is -4.26. The van der Waals surface area contributed by atoms with Gasteiger partial charge in [-0.3, -0.25) is 0 Å². The zero-order valence-electron chi connectivity index (χ0n) is 20.6. The molecule has 5 rings (SSSR count). The van der Waals surface area contributed by atoms with Crippen molar-refractivity contribution in [1.29, 1.82) is 0 Å². The third kappa shape index (κ3) is 3.68. The van der Waals surface area contributed by atoms with Gasteiger partial charge in [-0.2, -0.15) is 0 Å². The molecule has 0 saturated carbocycles. The van der Waals surface area contributed by atoms with Crippen molar-refractivity contribution in [2.24, 2.45) is 0 Å². The van der Waals surface area contributed by atoms with E-state index in [1.807, 2.05) is 66.7 Å². The normalized spacial score (nSPS) is 17.6. The number of nitrogens with zero attached hydrogens (tertiary/aromatic N) is 1. The fourth-order valence-corrected chi connectivity index (χ4v) is 5.31. The maximum atomic E-state index is 13.0. The Bertz CT molecular complexity index is 1310. The lowest BCUT2D eigenvalue weighted by atomic mass is 9.86. The molecular formula is C29H27NO6. The first kappa shape index (κ1) is 23.5. The first-order chi connectivity index (χ1) is 17.5. The zero-order valence-corrected chi connectivity index (χ0v) is 20.6. The second-order valence-corrected chi connectivity index (χ2v) is 8.67. The van der Waals surface area contributed by atoms with Crippen molar-refractivity contribution >= 4 is 17.6 Å². The van der Waals surface area contributed by atoms with Gasteiger partial charge in [-0.25, -0.2) is 9.59 Å². The second-order valence-electron chi connectivity index (χ2n) is 8.67. The summed E-state index contributed by atoms with van der Waals surface area (Å²) in [5, 5.41) is 0. The van der Waals surface area contributed by atoms with Crippen LogP contribution < -0.4 is 14.4 Å². The van der Waals surface area contributed by atoms with Gasteiger partial charge in [0.1, 0.15) is 11.5 Å². The Kier molecular flexibility index (Phi) is 6.14. The molecule has 3 aromatic carbocycles. The van der Waals surface area contributed by atoms with E-state index in [0.717, 1.165) is 33.7 Å². The lowest BCUT2D eigenvalue weighted by Crippen LogP contribution is -2.25. The summed E-state index contributed by atoms with van der Waals surface area (Å²) >= 11 is 0. The van der Waals surface area contributed by atoms with Crippen LogP contribution in [0, 0.1) is 0 Å². The first-order valence-corrected chi connectivity index (χ1v) is 11.6. The van der Waals surface area contributed by atoms with Gasteiger partial charge in [0.15, 0.2) is 0 Å². The minimum atomic E-state index is -0.540. The highest BCUT2D eigenvalue weighted by Gasteiger charge is 2.54. The van der Waals surface area contributed by atoms with Crippen molar-refractivity contribution < 1.29 is 28.5 Å².